The van der Waals surface area contributed by atoms with Gasteiger partial charge in [0, 0.05) is 12.2 Å². The van der Waals surface area contributed by atoms with Crippen molar-refractivity contribution in [1.82, 2.24) is 15.1 Å². The highest BCUT2D eigenvalue weighted by atomic mass is 127. The molecule has 0 aromatic carbocycles. The highest BCUT2D eigenvalue weighted by Crippen LogP contribution is 2.18. The standard InChI is InChI=1S/C11H16IN3O/c1-8(15-7-9(12)6-13-15)11(16)14-10-4-2-3-5-10/h6-8,10H,2-5H2,1H3,(H,14,16). The fourth-order valence-electron chi connectivity index (χ4n) is 2.04. The Morgan fingerprint density at radius 2 is 2.31 bits per heavy atom. The molecular formula is C11H16IN3O. The lowest BCUT2D eigenvalue weighted by molar-refractivity contribution is -0.124. The van der Waals surface area contributed by atoms with Crippen molar-refractivity contribution in [1.29, 1.82) is 0 Å². The number of carbonyl (C=O) groups is 1. The number of halogens is 1. The van der Waals surface area contributed by atoms with Gasteiger partial charge in [-0.3, -0.25) is 9.48 Å². The van der Waals surface area contributed by atoms with Crippen LogP contribution >= 0.6 is 22.6 Å². The third-order valence-electron chi connectivity index (χ3n) is 3.05. The van der Waals surface area contributed by atoms with Crippen molar-refractivity contribution in [2.75, 3.05) is 0 Å². The summed E-state index contributed by atoms with van der Waals surface area (Å²) in [6, 6.07) is 0.161. The highest BCUT2D eigenvalue weighted by Gasteiger charge is 2.21. The monoisotopic (exact) mass is 333 g/mol. The van der Waals surface area contributed by atoms with Crippen molar-refractivity contribution in [2.45, 2.75) is 44.7 Å². The molecule has 0 radical (unpaired) electrons. The Morgan fingerprint density at radius 1 is 1.62 bits per heavy atom. The minimum absolute atomic E-state index is 0.0754. The van der Waals surface area contributed by atoms with Gasteiger partial charge in [0.2, 0.25) is 5.91 Å². The lowest BCUT2D eigenvalue weighted by atomic mass is 10.2. The van der Waals surface area contributed by atoms with Gasteiger partial charge >= 0.3 is 0 Å². The fraction of sp³-hybridized carbons (Fsp3) is 0.636. The number of amides is 1. The molecule has 1 N–H and O–H groups in total. The molecule has 0 spiro atoms. The molecule has 1 aliphatic rings. The van der Waals surface area contributed by atoms with Gasteiger partial charge in [0.15, 0.2) is 0 Å². The van der Waals surface area contributed by atoms with Crippen LogP contribution in [-0.4, -0.2) is 21.7 Å². The topological polar surface area (TPSA) is 46.9 Å². The van der Waals surface area contributed by atoms with Crippen molar-refractivity contribution in [3.8, 4) is 0 Å². The number of nitrogens with zero attached hydrogens (tertiary/aromatic N) is 2. The van der Waals surface area contributed by atoms with Crippen LogP contribution in [0.15, 0.2) is 12.4 Å². The molecule has 1 unspecified atom stereocenters. The molecule has 1 aliphatic carbocycles. The number of aromatic nitrogens is 2. The van der Waals surface area contributed by atoms with E-state index in [0.29, 0.717) is 6.04 Å². The molecule has 1 amide bonds. The van der Waals surface area contributed by atoms with Gasteiger partial charge in [0.25, 0.3) is 0 Å². The lowest BCUT2D eigenvalue weighted by Crippen LogP contribution is -2.37. The van der Waals surface area contributed by atoms with E-state index in [4.69, 9.17) is 0 Å². The minimum atomic E-state index is -0.218. The summed E-state index contributed by atoms with van der Waals surface area (Å²) in [5, 5.41) is 7.24. The number of carbonyl (C=O) groups excluding carboxylic acids is 1. The summed E-state index contributed by atoms with van der Waals surface area (Å²) in [5.41, 5.74) is 0. The second-order valence-corrected chi connectivity index (χ2v) is 5.55. The maximum atomic E-state index is 11.9. The van der Waals surface area contributed by atoms with Crippen LogP contribution < -0.4 is 5.32 Å². The summed E-state index contributed by atoms with van der Waals surface area (Å²) >= 11 is 2.19. The molecular weight excluding hydrogens is 317 g/mol. The van der Waals surface area contributed by atoms with E-state index in [-0.39, 0.29) is 11.9 Å². The van der Waals surface area contributed by atoms with Crippen LogP contribution in [-0.2, 0) is 4.79 Å². The maximum absolute atomic E-state index is 11.9. The van der Waals surface area contributed by atoms with E-state index in [1.165, 1.54) is 12.8 Å². The molecule has 1 saturated carbocycles. The van der Waals surface area contributed by atoms with E-state index in [2.05, 4.69) is 33.0 Å². The van der Waals surface area contributed by atoms with E-state index in [9.17, 15) is 4.79 Å². The van der Waals surface area contributed by atoms with Crippen molar-refractivity contribution in [2.24, 2.45) is 0 Å². The number of hydrogen-bond donors (Lipinski definition) is 1. The van der Waals surface area contributed by atoms with Crippen LogP contribution in [0.3, 0.4) is 0 Å². The van der Waals surface area contributed by atoms with Gasteiger partial charge in [0.1, 0.15) is 6.04 Å². The van der Waals surface area contributed by atoms with Crippen LogP contribution in [0, 0.1) is 3.57 Å². The molecule has 5 heteroatoms. The first-order valence-electron chi connectivity index (χ1n) is 5.67. The predicted octanol–water partition coefficient (Wildman–Crippen LogP) is 2.11. The van der Waals surface area contributed by atoms with Crippen molar-refractivity contribution in [3.63, 3.8) is 0 Å². The first kappa shape index (κ1) is 11.9. The lowest BCUT2D eigenvalue weighted by Gasteiger charge is -2.16. The summed E-state index contributed by atoms with van der Waals surface area (Å²) in [6.07, 6.45) is 8.36. The van der Waals surface area contributed by atoms with Crippen LogP contribution in [0.1, 0.15) is 38.6 Å². The Bertz CT molecular complexity index is 371. The zero-order valence-corrected chi connectivity index (χ0v) is 11.5. The normalized spacial score (nSPS) is 18.6. The van der Waals surface area contributed by atoms with Gasteiger partial charge in [-0.25, -0.2) is 0 Å². The molecule has 16 heavy (non-hydrogen) atoms. The second kappa shape index (κ2) is 5.16. The quantitative estimate of drug-likeness (QED) is 0.862. The van der Waals surface area contributed by atoms with Crippen molar-refractivity contribution in [3.05, 3.63) is 16.0 Å². The average molecular weight is 333 g/mol. The van der Waals surface area contributed by atoms with Crippen LogP contribution in [0.2, 0.25) is 0 Å². The van der Waals surface area contributed by atoms with Crippen LogP contribution in [0.25, 0.3) is 0 Å². The largest absolute Gasteiger partial charge is 0.352 e. The molecule has 4 nitrogen and oxygen atoms in total. The van der Waals surface area contributed by atoms with Gasteiger partial charge in [0.05, 0.1) is 9.77 Å². The molecule has 0 bridgehead atoms. The van der Waals surface area contributed by atoms with Crippen molar-refractivity contribution < 1.29 is 4.79 Å². The van der Waals surface area contributed by atoms with Gasteiger partial charge in [-0.2, -0.15) is 5.10 Å². The molecule has 2 rings (SSSR count). The zero-order chi connectivity index (χ0) is 11.5. The first-order valence-corrected chi connectivity index (χ1v) is 6.74. The summed E-state index contributed by atoms with van der Waals surface area (Å²) < 4.78 is 2.77. The average Bonchev–Trinajstić information content (AvgIpc) is 2.88. The van der Waals surface area contributed by atoms with E-state index in [1.807, 2.05) is 13.1 Å². The summed E-state index contributed by atoms with van der Waals surface area (Å²) in [7, 11) is 0. The molecule has 1 atom stereocenters. The molecule has 0 saturated heterocycles. The van der Waals surface area contributed by atoms with Gasteiger partial charge < -0.3 is 5.32 Å². The SMILES string of the molecule is CC(C(=O)NC1CCCC1)n1cc(I)cn1. The highest BCUT2D eigenvalue weighted by molar-refractivity contribution is 14.1. The van der Waals surface area contributed by atoms with E-state index in [1.54, 1.807) is 10.9 Å². The number of rotatable bonds is 3. The Labute approximate surface area is 109 Å². The Morgan fingerprint density at radius 3 is 2.88 bits per heavy atom. The summed E-state index contributed by atoms with van der Waals surface area (Å²) in [4.78, 5) is 11.9. The molecule has 88 valence electrons. The maximum Gasteiger partial charge on any atom is 0.244 e. The Kier molecular flexibility index (Phi) is 3.83. The number of hydrogen-bond acceptors (Lipinski definition) is 2. The molecule has 0 aliphatic heterocycles. The third-order valence-corrected chi connectivity index (χ3v) is 3.60. The molecule has 1 aromatic heterocycles. The van der Waals surface area contributed by atoms with Crippen LogP contribution in [0.4, 0.5) is 0 Å². The summed E-state index contributed by atoms with van der Waals surface area (Å²) in [6.45, 7) is 1.88. The van der Waals surface area contributed by atoms with E-state index >= 15 is 0 Å². The predicted molar refractivity (Wildman–Crippen MR) is 70.1 cm³/mol. The minimum Gasteiger partial charge on any atom is -0.352 e. The second-order valence-electron chi connectivity index (χ2n) is 4.30. The Hall–Kier alpha value is -0.590. The summed E-state index contributed by atoms with van der Waals surface area (Å²) in [5.74, 6) is 0.0754. The van der Waals surface area contributed by atoms with Gasteiger partial charge in [-0.05, 0) is 42.4 Å². The smallest absolute Gasteiger partial charge is 0.244 e. The van der Waals surface area contributed by atoms with Gasteiger partial charge in [-0.15, -0.1) is 0 Å². The molecule has 1 aromatic rings. The van der Waals surface area contributed by atoms with Crippen LogP contribution in [0.5, 0.6) is 0 Å². The van der Waals surface area contributed by atoms with E-state index in [0.717, 1.165) is 16.4 Å². The van der Waals surface area contributed by atoms with E-state index < -0.39 is 0 Å². The molecule has 1 heterocycles. The third kappa shape index (κ3) is 2.75. The Balaban J connectivity index is 1.93. The first-order chi connectivity index (χ1) is 7.66. The fourth-order valence-corrected chi connectivity index (χ4v) is 2.45. The number of nitrogens with one attached hydrogen (secondary N) is 1. The zero-order valence-electron chi connectivity index (χ0n) is 9.32. The van der Waals surface area contributed by atoms with Crippen molar-refractivity contribution >= 4 is 28.5 Å². The van der Waals surface area contributed by atoms with Gasteiger partial charge in [-0.1, -0.05) is 12.8 Å². The molecule has 1 fully saturated rings.